The van der Waals surface area contributed by atoms with Crippen LogP contribution in [0.15, 0.2) is 42.6 Å². The second-order valence-corrected chi connectivity index (χ2v) is 7.22. The van der Waals surface area contributed by atoms with Gasteiger partial charge in [0.25, 0.3) is 5.91 Å². The van der Waals surface area contributed by atoms with Crippen molar-refractivity contribution in [3.63, 3.8) is 0 Å². The average Bonchev–Trinajstić information content (AvgIpc) is 2.56. The molecular formula is C16H14ClN3O4S. The third kappa shape index (κ3) is 5.74. The first-order valence-electron chi connectivity index (χ1n) is 7.10. The van der Waals surface area contributed by atoms with Gasteiger partial charge in [0.2, 0.25) is 10.0 Å². The van der Waals surface area contributed by atoms with Gasteiger partial charge in [-0.15, -0.1) is 0 Å². The molecule has 1 aromatic carbocycles. The zero-order chi connectivity index (χ0) is 18.4. The molecular weight excluding hydrogens is 366 g/mol. The average molecular weight is 380 g/mol. The van der Waals surface area contributed by atoms with Crippen LogP contribution in [0.25, 0.3) is 0 Å². The minimum Gasteiger partial charge on any atom is -0.481 e. The Balaban J connectivity index is 1.99. The Morgan fingerprint density at radius 1 is 1.40 bits per heavy atom. The molecule has 0 bridgehead atoms. The topological polar surface area (TPSA) is 109 Å². The summed E-state index contributed by atoms with van der Waals surface area (Å²) in [4.78, 5) is 15.8. The summed E-state index contributed by atoms with van der Waals surface area (Å²) in [6, 6.07) is 11.1. The molecule has 0 saturated heterocycles. The van der Waals surface area contributed by atoms with Crippen LogP contribution in [-0.4, -0.2) is 25.4 Å². The number of nitriles is 1. The first-order chi connectivity index (χ1) is 11.8. The fourth-order valence-electron chi connectivity index (χ4n) is 1.88. The summed E-state index contributed by atoms with van der Waals surface area (Å²) < 4.78 is 31.4. The van der Waals surface area contributed by atoms with Crippen LogP contribution in [0, 0.1) is 11.3 Å². The monoisotopic (exact) mass is 379 g/mol. The van der Waals surface area contributed by atoms with Crippen molar-refractivity contribution in [3.05, 3.63) is 58.9 Å². The lowest BCUT2D eigenvalue weighted by Gasteiger charge is -2.15. The van der Waals surface area contributed by atoms with E-state index in [-0.39, 0.29) is 5.15 Å². The number of benzene rings is 1. The molecule has 1 amide bonds. The van der Waals surface area contributed by atoms with Crippen LogP contribution in [0.5, 0.6) is 5.75 Å². The van der Waals surface area contributed by atoms with Crippen molar-refractivity contribution in [2.24, 2.45) is 0 Å². The summed E-state index contributed by atoms with van der Waals surface area (Å²) in [5.41, 5.74) is 0.757. The number of nitrogens with one attached hydrogen (secondary N) is 1. The number of hydrogen-bond acceptors (Lipinski definition) is 6. The highest BCUT2D eigenvalue weighted by atomic mass is 35.5. The molecule has 0 aliphatic carbocycles. The second-order valence-electron chi connectivity index (χ2n) is 5.11. The van der Waals surface area contributed by atoms with E-state index in [1.54, 1.807) is 18.2 Å². The number of aromatic nitrogens is 1. The van der Waals surface area contributed by atoms with Gasteiger partial charge in [0.05, 0.1) is 17.4 Å². The minimum absolute atomic E-state index is 0.242. The third-order valence-electron chi connectivity index (χ3n) is 3.05. The molecule has 1 atom stereocenters. The SMILES string of the molecule is C[C@H](Oc1cccc(C#N)c1)C(=O)NS(=O)(=O)Cc1ccc(Cl)nc1. The Morgan fingerprint density at radius 2 is 2.16 bits per heavy atom. The van der Waals surface area contributed by atoms with E-state index in [1.807, 2.05) is 10.8 Å². The fourth-order valence-corrected chi connectivity index (χ4v) is 3.15. The molecule has 7 nitrogen and oxygen atoms in total. The van der Waals surface area contributed by atoms with Crippen molar-refractivity contribution in [3.8, 4) is 11.8 Å². The smallest absolute Gasteiger partial charge is 0.274 e. The van der Waals surface area contributed by atoms with Gasteiger partial charge in [-0.25, -0.2) is 18.1 Å². The van der Waals surface area contributed by atoms with E-state index < -0.39 is 27.8 Å². The summed E-state index contributed by atoms with van der Waals surface area (Å²) in [6.07, 6.45) is 0.256. The molecule has 2 aromatic rings. The van der Waals surface area contributed by atoms with E-state index in [1.165, 1.54) is 31.3 Å². The lowest BCUT2D eigenvalue weighted by molar-refractivity contribution is -0.125. The van der Waals surface area contributed by atoms with E-state index in [9.17, 15) is 13.2 Å². The van der Waals surface area contributed by atoms with Gasteiger partial charge in [-0.1, -0.05) is 23.7 Å². The Labute approximate surface area is 150 Å². The van der Waals surface area contributed by atoms with Gasteiger partial charge >= 0.3 is 0 Å². The summed E-state index contributed by atoms with van der Waals surface area (Å²) in [6.45, 7) is 1.41. The quantitative estimate of drug-likeness (QED) is 0.769. The van der Waals surface area contributed by atoms with Crippen molar-refractivity contribution in [2.75, 3.05) is 0 Å². The molecule has 0 aliphatic heterocycles. The molecule has 0 radical (unpaired) electrons. The van der Waals surface area contributed by atoms with Gasteiger partial charge in [-0.2, -0.15) is 5.26 Å². The maximum absolute atomic E-state index is 12.1. The predicted molar refractivity (Wildman–Crippen MR) is 91.3 cm³/mol. The van der Waals surface area contributed by atoms with Crippen LogP contribution >= 0.6 is 11.6 Å². The Hall–Kier alpha value is -2.63. The van der Waals surface area contributed by atoms with E-state index in [0.717, 1.165) is 0 Å². The number of carbonyl (C=O) groups excluding carboxylic acids is 1. The normalized spacial score (nSPS) is 12.0. The van der Waals surface area contributed by atoms with Crippen LogP contribution < -0.4 is 9.46 Å². The molecule has 0 unspecified atom stereocenters. The van der Waals surface area contributed by atoms with Crippen LogP contribution in [0.3, 0.4) is 0 Å². The number of nitrogens with zero attached hydrogens (tertiary/aromatic N) is 2. The highest BCUT2D eigenvalue weighted by Gasteiger charge is 2.22. The first kappa shape index (κ1) is 18.7. The summed E-state index contributed by atoms with van der Waals surface area (Å²) in [5.74, 6) is -0.940. The highest BCUT2D eigenvalue weighted by Crippen LogP contribution is 2.15. The number of ether oxygens (including phenoxy) is 1. The Morgan fingerprint density at radius 3 is 2.80 bits per heavy atom. The Bertz CT molecular complexity index is 908. The number of carbonyl (C=O) groups is 1. The zero-order valence-electron chi connectivity index (χ0n) is 13.1. The van der Waals surface area contributed by atoms with Crippen LogP contribution in [0.2, 0.25) is 5.15 Å². The molecule has 1 aromatic heterocycles. The molecule has 0 spiro atoms. The number of pyridine rings is 1. The molecule has 0 saturated carbocycles. The van der Waals surface area contributed by atoms with Gasteiger partial charge in [-0.3, -0.25) is 4.79 Å². The van der Waals surface area contributed by atoms with Crippen LogP contribution in [0.1, 0.15) is 18.1 Å². The number of rotatable bonds is 6. The van der Waals surface area contributed by atoms with Gasteiger partial charge in [0.1, 0.15) is 10.9 Å². The van der Waals surface area contributed by atoms with E-state index in [4.69, 9.17) is 21.6 Å². The minimum atomic E-state index is -3.91. The van der Waals surface area contributed by atoms with Crippen molar-refractivity contribution < 1.29 is 17.9 Å². The highest BCUT2D eigenvalue weighted by molar-refractivity contribution is 7.89. The molecule has 1 N–H and O–H groups in total. The van der Waals surface area contributed by atoms with E-state index in [0.29, 0.717) is 16.9 Å². The van der Waals surface area contributed by atoms with Crippen molar-refractivity contribution >= 4 is 27.5 Å². The third-order valence-corrected chi connectivity index (χ3v) is 4.50. The zero-order valence-corrected chi connectivity index (χ0v) is 14.7. The molecule has 2 rings (SSSR count). The molecule has 130 valence electrons. The largest absolute Gasteiger partial charge is 0.481 e. The maximum Gasteiger partial charge on any atom is 0.274 e. The van der Waals surface area contributed by atoms with Gasteiger partial charge in [0, 0.05) is 6.20 Å². The number of halogens is 1. The van der Waals surface area contributed by atoms with Crippen molar-refractivity contribution in [2.45, 2.75) is 18.8 Å². The van der Waals surface area contributed by atoms with Crippen molar-refractivity contribution in [1.82, 2.24) is 9.71 Å². The molecule has 9 heteroatoms. The van der Waals surface area contributed by atoms with Crippen molar-refractivity contribution in [1.29, 1.82) is 5.26 Å². The van der Waals surface area contributed by atoms with Gasteiger partial charge < -0.3 is 4.74 Å². The molecule has 25 heavy (non-hydrogen) atoms. The van der Waals surface area contributed by atoms with Crippen LogP contribution in [-0.2, 0) is 20.6 Å². The first-order valence-corrected chi connectivity index (χ1v) is 9.14. The second kappa shape index (κ2) is 7.96. The van der Waals surface area contributed by atoms with E-state index >= 15 is 0 Å². The maximum atomic E-state index is 12.1. The number of sulfonamides is 1. The Kier molecular flexibility index (Phi) is 5.96. The summed E-state index contributed by atoms with van der Waals surface area (Å²) in [5, 5.41) is 9.08. The summed E-state index contributed by atoms with van der Waals surface area (Å²) >= 11 is 5.64. The molecule has 1 heterocycles. The van der Waals surface area contributed by atoms with Gasteiger partial charge in [-0.05, 0) is 36.8 Å². The van der Waals surface area contributed by atoms with E-state index in [2.05, 4.69) is 4.98 Å². The number of hydrogen-bond donors (Lipinski definition) is 1. The standard InChI is InChI=1S/C16H14ClN3O4S/c1-11(24-14-4-2-3-12(7-14)8-18)16(21)20-25(22,23)10-13-5-6-15(17)19-9-13/h2-7,9,11H,10H2,1H3,(H,20,21)/t11-/m0/s1. The van der Waals surface area contributed by atoms with Gasteiger partial charge in [0.15, 0.2) is 6.10 Å². The summed E-state index contributed by atoms with van der Waals surface area (Å²) in [7, 11) is -3.91. The number of amides is 1. The molecule has 0 aliphatic rings. The lowest BCUT2D eigenvalue weighted by atomic mass is 10.2. The fraction of sp³-hybridized carbons (Fsp3) is 0.188. The lowest BCUT2D eigenvalue weighted by Crippen LogP contribution is -2.40. The predicted octanol–water partition coefficient (Wildman–Crippen LogP) is 2.02. The molecule has 0 fully saturated rings. The van der Waals surface area contributed by atoms with Crippen LogP contribution in [0.4, 0.5) is 0 Å².